The van der Waals surface area contributed by atoms with Gasteiger partial charge in [-0.15, -0.1) is 0 Å². The number of hydrogen-bond donors (Lipinski definition) is 3. The summed E-state index contributed by atoms with van der Waals surface area (Å²) in [7, 11) is 0. The smallest absolute Gasteiger partial charge is 0.361 e. The van der Waals surface area contributed by atoms with Gasteiger partial charge in [0.2, 0.25) is 0 Å². The van der Waals surface area contributed by atoms with E-state index in [4.69, 9.17) is 5.84 Å². The molecule has 80 valence electrons. The van der Waals surface area contributed by atoms with Crippen molar-refractivity contribution in [2.45, 2.75) is 6.18 Å². The molecule has 0 unspecified atom stereocenters. The van der Waals surface area contributed by atoms with Gasteiger partial charge in [0.25, 0.3) is 0 Å². The minimum atomic E-state index is -4.41. The minimum Gasteiger partial charge on any atom is -0.361 e. The minimum absolute atomic E-state index is 0.141. The summed E-state index contributed by atoms with van der Waals surface area (Å²) < 4.78 is 37.7. The number of alkyl halides is 3. The van der Waals surface area contributed by atoms with Gasteiger partial charge in [0.05, 0.1) is 11.3 Å². The molecular formula is C9H8F3N3. The van der Waals surface area contributed by atoms with Gasteiger partial charge in [-0.05, 0) is 18.2 Å². The quantitative estimate of drug-likeness (QED) is 0.505. The lowest BCUT2D eigenvalue weighted by molar-refractivity contribution is -0.136. The van der Waals surface area contributed by atoms with Gasteiger partial charge in [0.15, 0.2) is 0 Å². The molecule has 0 saturated carbocycles. The van der Waals surface area contributed by atoms with Gasteiger partial charge in [-0.1, -0.05) is 0 Å². The number of halogens is 3. The number of rotatable bonds is 1. The van der Waals surface area contributed by atoms with Crippen LogP contribution >= 0.6 is 0 Å². The van der Waals surface area contributed by atoms with E-state index < -0.39 is 11.7 Å². The molecule has 0 radical (unpaired) electrons. The van der Waals surface area contributed by atoms with Gasteiger partial charge in [0.1, 0.15) is 0 Å². The van der Waals surface area contributed by atoms with E-state index in [0.29, 0.717) is 10.9 Å². The van der Waals surface area contributed by atoms with Crippen LogP contribution in [0.15, 0.2) is 24.4 Å². The molecule has 1 heterocycles. The Balaban J connectivity index is 2.70. The van der Waals surface area contributed by atoms with Gasteiger partial charge < -0.3 is 10.4 Å². The lowest BCUT2D eigenvalue weighted by atomic mass is 10.1. The zero-order chi connectivity index (χ0) is 11.1. The average Bonchev–Trinajstić information content (AvgIpc) is 2.60. The van der Waals surface area contributed by atoms with E-state index in [0.717, 1.165) is 6.07 Å². The number of anilines is 1. The number of benzene rings is 1. The first kappa shape index (κ1) is 9.85. The van der Waals surface area contributed by atoms with Crippen LogP contribution in [-0.2, 0) is 6.18 Å². The summed E-state index contributed by atoms with van der Waals surface area (Å²) >= 11 is 0. The Bertz CT molecular complexity index is 487. The molecule has 0 atom stereocenters. The van der Waals surface area contributed by atoms with E-state index in [-0.39, 0.29) is 5.69 Å². The molecular weight excluding hydrogens is 207 g/mol. The van der Waals surface area contributed by atoms with E-state index in [1.54, 1.807) is 12.3 Å². The Morgan fingerprint density at radius 1 is 1.27 bits per heavy atom. The van der Waals surface area contributed by atoms with Crippen LogP contribution in [0.1, 0.15) is 5.56 Å². The second-order valence-electron chi connectivity index (χ2n) is 3.10. The summed E-state index contributed by atoms with van der Waals surface area (Å²) in [6.45, 7) is 0. The molecule has 0 bridgehead atoms. The standard InChI is InChI=1S/C9H8F3N3/c10-9(11,12)6-3-5-1-2-14-7(5)4-8(6)15-13/h1-4,14-15H,13H2. The largest absolute Gasteiger partial charge is 0.418 e. The van der Waals surface area contributed by atoms with Crippen LogP contribution in [0.2, 0.25) is 0 Å². The van der Waals surface area contributed by atoms with Crippen molar-refractivity contribution in [2.75, 3.05) is 5.43 Å². The van der Waals surface area contributed by atoms with E-state index in [1.165, 1.54) is 6.07 Å². The monoisotopic (exact) mass is 215 g/mol. The van der Waals surface area contributed by atoms with Crippen LogP contribution in [0.3, 0.4) is 0 Å². The number of fused-ring (bicyclic) bond motifs is 1. The molecule has 0 aliphatic rings. The maximum Gasteiger partial charge on any atom is 0.418 e. The zero-order valence-corrected chi connectivity index (χ0v) is 7.52. The van der Waals surface area contributed by atoms with Crippen molar-refractivity contribution in [3.63, 3.8) is 0 Å². The third kappa shape index (κ3) is 1.63. The predicted molar refractivity (Wildman–Crippen MR) is 51.1 cm³/mol. The topological polar surface area (TPSA) is 53.8 Å². The normalized spacial score (nSPS) is 12.0. The van der Waals surface area contributed by atoms with Gasteiger partial charge in [-0.2, -0.15) is 13.2 Å². The van der Waals surface area contributed by atoms with Crippen molar-refractivity contribution in [3.05, 3.63) is 30.0 Å². The molecule has 1 aromatic heterocycles. The highest BCUT2D eigenvalue weighted by atomic mass is 19.4. The highest BCUT2D eigenvalue weighted by Crippen LogP contribution is 2.36. The van der Waals surface area contributed by atoms with Crippen molar-refractivity contribution in [1.29, 1.82) is 0 Å². The van der Waals surface area contributed by atoms with Crippen molar-refractivity contribution >= 4 is 16.6 Å². The zero-order valence-electron chi connectivity index (χ0n) is 7.52. The number of hydrazine groups is 1. The van der Waals surface area contributed by atoms with Crippen molar-refractivity contribution in [3.8, 4) is 0 Å². The second kappa shape index (κ2) is 3.16. The van der Waals surface area contributed by atoms with E-state index in [2.05, 4.69) is 4.98 Å². The second-order valence-corrected chi connectivity index (χ2v) is 3.10. The highest BCUT2D eigenvalue weighted by Gasteiger charge is 2.33. The molecule has 4 N–H and O–H groups in total. The highest BCUT2D eigenvalue weighted by molar-refractivity contribution is 5.84. The van der Waals surface area contributed by atoms with Crippen molar-refractivity contribution < 1.29 is 13.2 Å². The maximum atomic E-state index is 12.6. The van der Waals surface area contributed by atoms with Gasteiger partial charge >= 0.3 is 6.18 Å². The number of H-pyrrole nitrogens is 1. The van der Waals surface area contributed by atoms with Crippen LogP contribution in [0.4, 0.5) is 18.9 Å². The molecule has 6 heteroatoms. The Labute approximate surface area is 83.0 Å². The van der Waals surface area contributed by atoms with Crippen molar-refractivity contribution in [1.82, 2.24) is 4.98 Å². The molecule has 0 aliphatic carbocycles. The van der Waals surface area contributed by atoms with Crippen molar-refractivity contribution in [2.24, 2.45) is 5.84 Å². The number of nitrogens with two attached hydrogens (primary N) is 1. The summed E-state index contributed by atoms with van der Waals surface area (Å²) in [5.74, 6) is 5.04. The SMILES string of the molecule is NNc1cc2[nH]ccc2cc1C(F)(F)F. The molecule has 2 rings (SSSR count). The summed E-state index contributed by atoms with van der Waals surface area (Å²) in [6, 6.07) is 3.96. The number of hydrogen-bond acceptors (Lipinski definition) is 2. The molecule has 0 fully saturated rings. The molecule has 0 saturated heterocycles. The molecule has 1 aromatic carbocycles. The maximum absolute atomic E-state index is 12.6. The fraction of sp³-hybridized carbons (Fsp3) is 0.111. The fourth-order valence-electron chi connectivity index (χ4n) is 1.45. The molecule has 3 nitrogen and oxygen atoms in total. The number of nitrogens with one attached hydrogen (secondary N) is 2. The number of aromatic nitrogens is 1. The third-order valence-corrected chi connectivity index (χ3v) is 2.15. The summed E-state index contributed by atoms with van der Waals surface area (Å²) in [4.78, 5) is 2.81. The van der Waals surface area contributed by atoms with E-state index >= 15 is 0 Å². The first-order chi connectivity index (χ1) is 7.02. The Hall–Kier alpha value is -1.69. The number of nitrogen functional groups attached to an aromatic ring is 1. The lowest BCUT2D eigenvalue weighted by Gasteiger charge is -2.12. The first-order valence-corrected chi connectivity index (χ1v) is 4.17. The Kier molecular flexibility index (Phi) is 2.08. The predicted octanol–water partition coefficient (Wildman–Crippen LogP) is 2.47. The van der Waals surface area contributed by atoms with E-state index in [1.807, 2.05) is 5.43 Å². The van der Waals surface area contributed by atoms with Crippen LogP contribution in [0, 0.1) is 0 Å². The summed E-state index contributed by atoms with van der Waals surface area (Å²) in [6.07, 6.45) is -2.84. The Morgan fingerprint density at radius 2 is 2.00 bits per heavy atom. The Morgan fingerprint density at radius 3 is 2.60 bits per heavy atom. The summed E-state index contributed by atoms with van der Waals surface area (Å²) in [5, 5.41) is 0.501. The van der Waals surface area contributed by atoms with Gasteiger partial charge in [0, 0.05) is 17.1 Å². The molecule has 0 amide bonds. The summed E-state index contributed by atoms with van der Waals surface area (Å²) in [5.41, 5.74) is 1.74. The van der Waals surface area contributed by atoms with Crippen LogP contribution in [0.5, 0.6) is 0 Å². The van der Waals surface area contributed by atoms with Gasteiger partial charge in [-0.25, -0.2) is 0 Å². The van der Waals surface area contributed by atoms with Crippen LogP contribution in [-0.4, -0.2) is 4.98 Å². The third-order valence-electron chi connectivity index (χ3n) is 2.15. The van der Waals surface area contributed by atoms with Crippen LogP contribution < -0.4 is 11.3 Å². The number of aromatic amines is 1. The first-order valence-electron chi connectivity index (χ1n) is 4.17. The van der Waals surface area contributed by atoms with Gasteiger partial charge in [-0.3, -0.25) is 5.84 Å². The molecule has 15 heavy (non-hydrogen) atoms. The van der Waals surface area contributed by atoms with E-state index in [9.17, 15) is 13.2 Å². The van der Waals surface area contributed by atoms with Crippen LogP contribution in [0.25, 0.3) is 10.9 Å². The molecule has 0 spiro atoms. The molecule has 0 aliphatic heterocycles. The fourth-order valence-corrected chi connectivity index (χ4v) is 1.45. The lowest BCUT2D eigenvalue weighted by Crippen LogP contribution is -2.14. The molecule has 2 aromatic rings. The average molecular weight is 215 g/mol.